The molecule has 1 aromatic carbocycles. The summed E-state index contributed by atoms with van der Waals surface area (Å²) >= 11 is 5.32. The van der Waals surface area contributed by atoms with Crippen LogP contribution in [0.5, 0.6) is 0 Å². The van der Waals surface area contributed by atoms with Crippen LogP contribution in [0.3, 0.4) is 0 Å². The fraction of sp³-hybridized carbons (Fsp3) is 0.389. The first-order valence-corrected chi connectivity index (χ1v) is 8.82. The van der Waals surface area contributed by atoms with Gasteiger partial charge in [0, 0.05) is 0 Å². The van der Waals surface area contributed by atoms with E-state index in [-0.39, 0.29) is 11.9 Å². The van der Waals surface area contributed by atoms with Gasteiger partial charge in [-0.15, -0.1) is 0 Å². The SMILES string of the molecule is Fc1ccccc1NC(=S)NC[C@H](c1ccco1)[NH+]1CCCCC1. The summed E-state index contributed by atoms with van der Waals surface area (Å²) in [6, 6.07) is 10.7. The summed E-state index contributed by atoms with van der Waals surface area (Å²) in [5, 5.41) is 6.56. The Morgan fingerprint density at radius 2 is 1.96 bits per heavy atom. The molecule has 2 heterocycles. The Morgan fingerprint density at radius 1 is 1.17 bits per heavy atom. The second kappa shape index (κ2) is 8.26. The van der Waals surface area contributed by atoms with Crippen molar-refractivity contribution in [2.45, 2.75) is 25.3 Å². The number of halogens is 1. The molecule has 128 valence electrons. The van der Waals surface area contributed by atoms with Crippen molar-refractivity contribution in [2.24, 2.45) is 0 Å². The maximum absolute atomic E-state index is 13.7. The number of rotatable bonds is 5. The van der Waals surface area contributed by atoms with Crippen molar-refractivity contribution >= 4 is 23.0 Å². The molecule has 1 atom stereocenters. The number of hydrogen-bond acceptors (Lipinski definition) is 2. The van der Waals surface area contributed by atoms with Crippen molar-refractivity contribution < 1.29 is 13.7 Å². The third-order valence-electron chi connectivity index (χ3n) is 4.46. The molecule has 1 aromatic heterocycles. The van der Waals surface area contributed by atoms with Gasteiger partial charge in [-0.3, -0.25) is 0 Å². The number of piperidine rings is 1. The van der Waals surface area contributed by atoms with Gasteiger partial charge in [-0.25, -0.2) is 4.39 Å². The van der Waals surface area contributed by atoms with Gasteiger partial charge in [0.25, 0.3) is 0 Å². The fourth-order valence-electron chi connectivity index (χ4n) is 3.21. The summed E-state index contributed by atoms with van der Waals surface area (Å²) in [6.07, 6.45) is 5.49. The second-order valence-electron chi connectivity index (χ2n) is 6.10. The minimum atomic E-state index is -0.314. The van der Waals surface area contributed by atoms with Gasteiger partial charge < -0.3 is 20.0 Å². The highest BCUT2D eigenvalue weighted by molar-refractivity contribution is 7.80. The monoisotopic (exact) mass is 348 g/mol. The summed E-state index contributed by atoms with van der Waals surface area (Å²) in [5.41, 5.74) is 0.384. The van der Waals surface area contributed by atoms with E-state index in [1.54, 1.807) is 24.5 Å². The lowest BCUT2D eigenvalue weighted by atomic mass is 10.1. The molecule has 0 spiro atoms. The number of furan rings is 1. The van der Waals surface area contributed by atoms with E-state index in [9.17, 15) is 4.39 Å². The molecule has 0 saturated carbocycles. The van der Waals surface area contributed by atoms with Gasteiger partial charge in [-0.1, -0.05) is 12.1 Å². The number of thiocarbonyl (C=S) groups is 1. The van der Waals surface area contributed by atoms with Gasteiger partial charge in [-0.05, 0) is 55.7 Å². The van der Waals surface area contributed by atoms with Gasteiger partial charge in [0.2, 0.25) is 0 Å². The Morgan fingerprint density at radius 3 is 2.67 bits per heavy atom. The molecule has 0 unspecified atom stereocenters. The Labute approximate surface area is 147 Å². The second-order valence-corrected chi connectivity index (χ2v) is 6.51. The molecule has 1 aliphatic rings. The molecular formula is C18H23FN3OS+. The summed E-state index contributed by atoms with van der Waals surface area (Å²) in [5.74, 6) is 0.652. The Bertz CT molecular complexity index is 656. The van der Waals surface area contributed by atoms with Crippen LogP contribution in [0.25, 0.3) is 0 Å². The number of hydrogen-bond donors (Lipinski definition) is 3. The van der Waals surface area contributed by atoms with Gasteiger partial charge in [0.05, 0.1) is 31.6 Å². The zero-order valence-corrected chi connectivity index (χ0v) is 14.4. The maximum Gasteiger partial charge on any atom is 0.171 e. The molecule has 0 aliphatic carbocycles. The maximum atomic E-state index is 13.7. The van der Waals surface area contributed by atoms with Crippen LogP contribution in [0.1, 0.15) is 31.1 Å². The lowest BCUT2D eigenvalue weighted by molar-refractivity contribution is -0.936. The molecule has 4 nitrogen and oxygen atoms in total. The minimum Gasteiger partial charge on any atom is -0.463 e. The normalized spacial score (nSPS) is 16.5. The largest absolute Gasteiger partial charge is 0.463 e. The number of anilines is 1. The quantitative estimate of drug-likeness (QED) is 0.727. The molecule has 0 amide bonds. The fourth-order valence-corrected chi connectivity index (χ4v) is 3.41. The van der Waals surface area contributed by atoms with Crippen LogP contribution in [0, 0.1) is 5.82 Å². The molecule has 0 bridgehead atoms. The first-order valence-electron chi connectivity index (χ1n) is 8.41. The van der Waals surface area contributed by atoms with E-state index in [0.29, 0.717) is 17.3 Å². The highest BCUT2D eigenvalue weighted by Crippen LogP contribution is 2.13. The summed E-state index contributed by atoms with van der Waals surface area (Å²) in [6.45, 7) is 2.93. The molecule has 6 heteroatoms. The smallest absolute Gasteiger partial charge is 0.171 e. The average molecular weight is 348 g/mol. The van der Waals surface area contributed by atoms with E-state index in [4.69, 9.17) is 16.6 Å². The third kappa shape index (κ3) is 4.33. The summed E-state index contributed by atoms with van der Waals surface area (Å²) in [4.78, 5) is 1.51. The average Bonchev–Trinajstić information content (AvgIpc) is 3.12. The minimum absolute atomic E-state index is 0.209. The molecule has 3 rings (SSSR count). The standard InChI is InChI=1S/C18H22FN3OS/c19-14-7-2-3-8-15(14)21-18(24)20-13-16(17-9-6-12-23-17)22-10-4-1-5-11-22/h2-3,6-9,12,16H,1,4-5,10-11,13H2,(H2,20,21,24)/p+1/t16-/m1/s1. The van der Waals surface area contributed by atoms with E-state index in [1.807, 2.05) is 12.1 Å². The molecule has 1 fully saturated rings. The number of likely N-dealkylation sites (tertiary alicyclic amines) is 1. The van der Waals surface area contributed by atoms with Crippen LogP contribution in [-0.4, -0.2) is 24.7 Å². The van der Waals surface area contributed by atoms with Crippen molar-refractivity contribution in [3.63, 3.8) is 0 Å². The molecule has 1 aliphatic heterocycles. The van der Waals surface area contributed by atoms with Crippen molar-refractivity contribution in [3.8, 4) is 0 Å². The Hall–Kier alpha value is -1.92. The lowest BCUT2D eigenvalue weighted by Crippen LogP contribution is -3.13. The predicted molar refractivity (Wildman–Crippen MR) is 96.6 cm³/mol. The number of para-hydroxylation sites is 1. The van der Waals surface area contributed by atoms with E-state index in [1.165, 1.54) is 30.2 Å². The van der Waals surface area contributed by atoms with Crippen molar-refractivity contribution in [3.05, 3.63) is 54.2 Å². The van der Waals surface area contributed by atoms with Crippen LogP contribution in [0.15, 0.2) is 47.1 Å². The molecule has 0 radical (unpaired) electrons. The van der Waals surface area contributed by atoms with Gasteiger partial charge in [0.15, 0.2) is 16.9 Å². The first-order chi connectivity index (χ1) is 11.7. The predicted octanol–water partition coefficient (Wildman–Crippen LogP) is 2.52. The van der Waals surface area contributed by atoms with E-state index < -0.39 is 0 Å². The summed E-state index contributed by atoms with van der Waals surface area (Å²) < 4.78 is 19.3. The van der Waals surface area contributed by atoms with Gasteiger partial charge >= 0.3 is 0 Å². The molecule has 1 saturated heterocycles. The molecular weight excluding hydrogens is 325 g/mol. The zero-order valence-electron chi connectivity index (χ0n) is 13.6. The third-order valence-corrected chi connectivity index (χ3v) is 4.71. The van der Waals surface area contributed by atoms with Crippen molar-refractivity contribution in [1.29, 1.82) is 0 Å². The van der Waals surface area contributed by atoms with E-state index >= 15 is 0 Å². The first kappa shape index (κ1) is 16.9. The van der Waals surface area contributed by atoms with E-state index in [2.05, 4.69) is 10.6 Å². The molecule has 3 N–H and O–H groups in total. The van der Waals surface area contributed by atoms with Crippen molar-refractivity contribution in [1.82, 2.24) is 5.32 Å². The van der Waals surface area contributed by atoms with Gasteiger partial charge in [0.1, 0.15) is 5.82 Å². The summed E-state index contributed by atoms with van der Waals surface area (Å²) in [7, 11) is 0. The van der Waals surface area contributed by atoms with Crippen LogP contribution in [0.2, 0.25) is 0 Å². The van der Waals surface area contributed by atoms with Crippen molar-refractivity contribution in [2.75, 3.05) is 25.0 Å². The van der Waals surface area contributed by atoms with E-state index in [0.717, 1.165) is 18.8 Å². The lowest BCUT2D eigenvalue weighted by Gasteiger charge is -2.30. The topological polar surface area (TPSA) is 41.6 Å². The van der Waals surface area contributed by atoms with Crippen LogP contribution in [0.4, 0.5) is 10.1 Å². The van der Waals surface area contributed by atoms with Gasteiger partial charge in [-0.2, -0.15) is 0 Å². The highest BCUT2D eigenvalue weighted by Gasteiger charge is 2.28. The van der Waals surface area contributed by atoms with Crippen LogP contribution < -0.4 is 15.5 Å². The molecule has 2 aromatic rings. The Kier molecular flexibility index (Phi) is 5.82. The molecule has 24 heavy (non-hydrogen) atoms. The number of quaternary nitrogens is 1. The Balaban J connectivity index is 1.61. The highest BCUT2D eigenvalue weighted by atomic mass is 32.1. The zero-order chi connectivity index (χ0) is 16.8. The van der Waals surface area contributed by atoms with Crippen LogP contribution >= 0.6 is 12.2 Å². The number of nitrogens with one attached hydrogen (secondary N) is 3. The van der Waals surface area contributed by atoms with Crippen LogP contribution in [-0.2, 0) is 0 Å². The number of benzene rings is 1.